The minimum atomic E-state index is 0.771. The Morgan fingerprint density at radius 3 is 1.15 bits per heavy atom. The second-order valence-electron chi connectivity index (χ2n) is 15.4. The molecule has 0 aliphatic carbocycles. The number of allylic oxidation sites excluding steroid dienone is 6. The van der Waals surface area contributed by atoms with E-state index in [0.717, 1.165) is 23.1 Å². The van der Waals surface area contributed by atoms with Crippen molar-refractivity contribution in [3.63, 3.8) is 0 Å². The minimum Gasteiger partial charge on any atom is -0.0955 e. The summed E-state index contributed by atoms with van der Waals surface area (Å²) in [5.74, 6) is 0. The van der Waals surface area contributed by atoms with Gasteiger partial charge in [0.1, 0.15) is 0 Å². The lowest BCUT2D eigenvalue weighted by Gasteiger charge is -2.21. The zero-order chi connectivity index (χ0) is 40.8. The zero-order valence-electron chi connectivity index (χ0n) is 34.0. The fraction of sp³-hybridized carbons (Fsp3) is 0.0333. The Labute approximate surface area is 354 Å². The molecule has 286 valence electrons. The highest BCUT2D eigenvalue weighted by atomic mass is 14.2. The Balaban J connectivity index is 1.35. The van der Waals surface area contributed by atoms with Crippen LogP contribution in [0.25, 0.3) is 93.9 Å². The van der Waals surface area contributed by atoms with Crippen LogP contribution < -0.4 is 0 Å². The highest BCUT2D eigenvalue weighted by Gasteiger charge is 2.20. The van der Waals surface area contributed by atoms with E-state index in [1.54, 1.807) is 0 Å². The van der Waals surface area contributed by atoms with E-state index < -0.39 is 0 Å². The molecule has 0 bridgehead atoms. The number of benzene rings is 9. The number of fused-ring (bicyclic) bond motifs is 2. The molecule has 0 unspecified atom stereocenters. The van der Waals surface area contributed by atoms with Crippen LogP contribution in [0, 0.1) is 0 Å². The summed E-state index contributed by atoms with van der Waals surface area (Å²) in [6.45, 7) is 10.8. The van der Waals surface area contributed by atoms with Crippen LogP contribution in [0.5, 0.6) is 0 Å². The smallest absolute Gasteiger partial charge is 0.00257 e. The van der Waals surface area contributed by atoms with Crippen LogP contribution in [0.2, 0.25) is 0 Å². The topological polar surface area (TPSA) is 0 Å². The average Bonchev–Trinajstić information content (AvgIpc) is 3.31. The Bertz CT molecular complexity index is 2940. The summed E-state index contributed by atoms with van der Waals surface area (Å²) in [7, 11) is 0. The Morgan fingerprint density at radius 1 is 0.367 bits per heavy atom. The van der Waals surface area contributed by atoms with E-state index in [-0.39, 0.29) is 0 Å². The number of hydrogen-bond donors (Lipinski definition) is 0. The summed E-state index contributed by atoms with van der Waals surface area (Å²) in [5, 5.41) is 4.80. The van der Waals surface area contributed by atoms with E-state index in [1.165, 1.54) is 88.3 Å². The van der Waals surface area contributed by atoms with E-state index >= 15 is 0 Å². The summed E-state index contributed by atoms with van der Waals surface area (Å²) >= 11 is 0. The lowest BCUT2D eigenvalue weighted by Crippen LogP contribution is -1.94. The molecule has 0 N–H and O–H groups in total. The molecule has 0 atom stereocenters. The molecule has 0 fully saturated rings. The first-order valence-electron chi connectivity index (χ1n) is 20.7. The molecule has 9 aromatic rings. The molecule has 60 heavy (non-hydrogen) atoms. The second-order valence-corrected chi connectivity index (χ2v) is 15.4. The molecule has 0 heteroatoms. The zero-order valence-corrected chi connectivity index (χ0v) is 34.0. The first-order chi connectivity index (χ1) is 29.5. The Kier molecular flexibility index (Phi) is 10.8. The van der Waals surface area contributed by atoms with Gasteiger partial charge >= 0.3 is 0 Å². The predicted molar refractivity (Wildman–Crippen MR) is 261 cm³/mol. The van der Waals surface area contributed by atoms with Crippen LogP contribution in [0.3, 0.4) is 0 Å². The molecule has 0 saturated carbocycles. The van der Waals surface area contributed by atoms with Gasteiger partial charge in [0.2, 0.25) is 0 Å². The van der Waals surface area contributed by atoms with Crippen molar-refractivity contribution in [1.29, 1.82) is 0 Å². The summed E-state index contributed by atoms with van der Waals surface area (Å²) in [6, 6.07) is 73.0. The Morgan fingerprint density at radius 2 is 0.733 bits per heavy atom. The normalized spacial score (nSPS) is 11.5. The average molecular weight is 767 g/mol. The van der Waals surface area contributed by atoms with Gasteiger partial charge in [0.05, 0.1) is 0 Å². The SMILES string of the molecule is C=C(/C=C\C)C/C=C\C(=C)c1ccc2c(-c3cc(-c4ccccc4)cc(-c4ccccc4)c3)c3ccccc3c(-c3cc(-c4ccccc4)cc(-c4ccccc4)c3)c2c1. The Hall–Kier alpha value is -7.54. The van der Waals surface area contributed by atoms with E-state index in [4.69, 9.17) is 0 Å². The maximum Gasteiger partial charge on any atom is -0.00257 e. The fourth-order valence-electron chi connectivity index (χ4n) is 8.49. The molecular weight excluding hydrogens is 721 g/mol. The van der Waals surface area contributed by atoms with Crippen molar-refractivity contribution in [2.75, 3.05) is 0 Å². The van der Waals surface area contributed by atoms with Crippen molar-refractivity contribution >= 4 is 27.1 Å². The molecule has 0 nitrogen and oxygen atoms in total. The van der Waals surface area contributed by atoms with Gasteiger partial charge in [0.25, 0.3) is 0 Å². The summed E-state index contributed by atoms with van der Waals surface area (Å²) in [5.41, 5.74) is 17.4. The molecule has 0 heterocycles. The van der Waals surface area contributed by atoms with Crippen molar-refractivity contribution in [3.05, 3.63) is 249 Å². The van der Waals surface area contributed by atoms with E-state index in [0.29, 0.717) is 0 Å². The van der Waals surface area contributed by atoms with Gasteiger partial charge in [-0.05, 0) is 155 Å². The van der Waals surface area contributed by atoms with Gasteiger partial charge in [-0.25, -0.2) is 0 Å². The van der Waals surface area contributed by atoms with Crippen molar-refractivity contribution in [3.8, 4) is 66.8 Å². The predicted octanol–water partition coefficient (Wildman–Crippen LogP) is 17.1. The summed E-state index contributed by atoms with van der Waals surface area (Å²) in [4.78, 5) is 0. The van der Waals surface area contributed by atoms with Crippen LogP contribution in [-0.4, -0.2) is 0 Å². The lowest BCUT2D eigenvalue weighted by atomic mass is 9.82. The first kappa shape index (κ1) is 38.0. The van der Waals surface area contributed by atoms with Crippen molar-refractivity contribution < 1.29 is 0 Å². The fourth-order valence-corrected chi connectivity index (χ4v) is 8.49. The van der Waals surface area contributed by atoms with E-state index in [2.05, 4.69) is 232 Å². The largest absolute Gasteiger partial charge is 0.0955 e. The van der Waals surface area contributed by atoms with Gasteiger partial charge in [-0.1, -0.05) is 201 Å². The van der Waals surface area contributed by atoms with Gasteiger partial charge in [0.15, 0.2) is 0 Å². The number of hydrogen-bond acceptors (Lipinski definition) is 0. The van der Waals surface area contributed by atoms with Gasteiger partial charge in [-0.15, -0.1) is 0 Å². The van der Waals surface area contributed by atoms with Crippen LogP contribution in [0.1, 0.15) is 18.9 Å². The third kappa shape index (κ3) is 7.84. The molecule has 9 aromatic carbocycles. The van der Waals surface area contributed by atoms with Crippen LogP contribution in [0.4, 0.5) is 0 Å². The minimum absolute atomic E-state index is 0.771. The van der Waals surface area contributed by atoms with Gasteiger partial charge < -0.3 is 0 Å². The van der Waals surface area contributed by atoms with E-state index in [9.17, 15) is 0 Å². The molecule has 0 amide bonds. The molecule has 0 aliphatic rings. The molecule has 0 aromatic heterocycles. The molecular formula is C60H46. The maximum atomic E-state index is 4.58. The summed E-state index contributed by atoms with van der Waals surface area (Å²) < 4.78 is 0. The van der Waals surface area contributed by atoms with Gasteiger partial charge in [-0.2, -0.15) is 0 Å². The van der Waals surface area contributed by atoms with Crippen molar-refractivity contribution in [2.45, 2.75) is 13.3 Å². The quantitative estimate of drug-likeness (QED) is 0.0908. The monoisotopic (exact) mass is 766 g/mol. The lowest BCUT2D eigenvalue weighted by molar-refractivity contribution is 1.30. The first-order valence-corrected chi connectivity index (χ1v) is 20.7. The molecule has 0 saturated heterocycles. The standard InChI is InChI=1S/C60H46/c1-4-20-42(2)21-19-22-43(3)48-33-34-57-58(41-48)60(54-39-51(46-27-13-7-14-28-46)36-52(40-54)47-29-15-8-16-30-47)56-32-18-17-31-55(56)59(57)53-37-49(44-23-9-5-10-24-44)35-50(38-53)45-25-11-6-12-26-45/h4-20,22-41H,2-3,21H2,1H3/b20-4-,22-19-. The third-order valence-corrected chi connectivity index (χ3v) is 11.4. The maximum absolute atomic E-state index is 4.58. The van der Waals surface area contributed by atoms with Crippen molar-refractivity contribution in [1.82, 2.24) is 0 Å². The van der Waals surface area contributed by atoms with Gasteiger partial charge in [-0.3, -0.25) is 0 Å². The highest BCUT2D eigenvalue weighted by Crippen LogP contribution is 2.47. The number of rotatable bonds is 11. The van der Waals surface area contributed by atoms with Gasteiger partial charge in [0, 0.05) is 0 Å². The molecule has 9 rings (SSSR count). The third-order valence-electron chi connectivity index (χ3n) is 11.4. The molecule has 0 aliphatic heterocycles. The highest BCUT2D eigenvalue weighted by molar-refractivity contribution is 6.22. The van der Waals surface area contributed by atoms with Crippen LogP contribution in [0.15, 0.2) is 243 Å². The van der Waals surface area contributed by atoms with Crippen LogP contribution >= 0.6 is 0 Å². The molecule has 0 spiro atoms. The van der Waals surface area contributed by atoms with E-state index in [1.807, 2.05) is 13.0 Å². The molecule has 0 radical (unpaired) electrons. The van der Waals surface area contributed by atoms with Crippen LogP contribution in [-0.2, 0) is 0 Å². The second kappa shape index (κ2) is 17.1. The van der Waals surface area contributed by atoms with Crippen molar-refractivity contribution in [2.24, 2.45) is 0 Å². The summed E-state index contributed by atoms with van der Waals surface area (Å²) in [6.07, 6.45) is 9.16.